The van der Waals surface area contributed by atoms with Crippen LogP contribution >= 0.6 is 0 Å². The molecule has 8 nitrogen and oxygen atoms in total. The molecule has 1 aliphatic rings. The summed E-state index contributed by atoms with van der Waals surface area (Å²) in [6.07, 6.45) is 1.68. The second-order valence-electron chi connectivity index (χ2n) is 8.26. The van der Waals surface area contributed by atoms with E-state index in [-0.39, 0.29) is 18.1 Å². The van der Waals surface area contributed by atoms with E-state index in [9.17, 15) is 4.79 Å². The molecule has 0 unspecified atom stereocenters. The Labute approximate surface area is 192 Å². The third-order valence-electron chi connectivity index (χ3n) is 5.63. The average Bonchev–Trinajstić information content (AvgIpc) is 3.46. The smallest absolute Gasteiger partial charge is 0.322 e. The zero-order valence-electron chi connectivity index (χ0n) is 19.1. The van der Waals surface area contributed by atoms with Gasteiger partial charge in [-0.2, -0.15) is 4.98 Å². The van der Waals surface area contributed by atoms with Crippen molar-refractivity contribution in [2.45, 2.75) is 51.8 Å². The summed E-state index contributed by atoms with van der Waals surface area (Å²) in [5.74, 6) is 1.08. The molecule has 1 N–H and O–H groups in total. The van der Waals surface area contributed by atoms with Gasteiger partial charge in [-0.3, -0.25) is 10.1 Å². The summed E-state index contributed by atoms with van der Waals surface area (Å²) in [6.45, 7) is 13.1. The maximum Gasteiger partial charge on any atom is 0.322 e. The van der Waals surface area contributed by atoms with Crippen LogP contribution in [0.25, 0.3) is 27.7 Å². The molecule has 33 heavy (non-hydrogen) atoms. The normalized spacial score (nSPS) is 15.7. The van der Waals surface area contributed by atoms with E-state index in [0.717, 1.165) is 29.5 Å². The summed E-state index contributed by atoms with van der Waals surface area (Å²) < 4.78 is 16.1. The first kappa shape index (κ1) is 22.5. The topological polar surface area (TPSA) is 90.8 Å². The number of methoxy groups -OCH3 is 1. The second kappa shape index (κ2) is 9.43. The number of ether oxygens (including phenoxy) is 2. The fourth-order valence-electron chi connectivity index (χ4n) is 4.13. The Bertz CT molecular complexity index is 1210. The molecule has 8 heteroatoms. The predicted octanol–water partition coefficient (Wildman–Crippen LogP) is 4.88. The Morgan fingerprint density at radius 1 is 1.27 bits per heavy atom. The van der Waals surface area contributed by atoms with Gasteiger partial charge >= 0.3 is 5.97 Å². The maximum atomic E-state index is 11.8. The van der Waals surface area contributed by atoms with Gasteiger partial charge in [-0.25, -0.2) is 4.85 Å². The molecular weight excluding hydrogens is 420 g/mol. The highest BCUT2D eigenvalue weighted by Crippen LogP contribution is 2.38. The van der Waals surface area contributed by atoms with E-state index in [1.165, 1.54) is 7.11 Å². The monoisotopic (exact) mass is 446 g/mol. The third-order valence-corrected chi connectivity index (χ3v) is 5.63. The first-order valence-corrected chi connectivity index (χ1v) is 10.9. The van der Waals surface area contributed by atoms with E-state index >= 15 is 0 Å². The van der Waals surface area contributed by atoms with Crippen molar-refractivity contribution < 1.29 is 18.8 Å². The van der Waals surface area contributed by atoms with Gasteiger partial charge < -0.3 is 14.0 Å². The van der Waals surface area contributed by atoms with Crippen LogP contribution in [0.5, 0.6) is 5.75 Å². The van der Waals surface area contributed by atoms with Crippen LogP contribution in [-0.2, 0) is 16.0 Å². The molecule has 0 radical (unpaired) electrons. The van der Waals surface area contributed by atoms with Crippen LogP contribution in [0.15, 0.2) is 40.9 Å². The fraction of sp³-hybridized carbons (Fsp3) is 0.360. The van der Waals surface area contributed by atoms with Gasteiger partial charge in [0.1, 0.15) is 11.8 Å². The number of hydrogen-bond donors (Lipinski definition) is 1. The molecule has 2 aromatic carbocycles. The minimum atomic E-state index is -0.398. The zero-order chi connectivity index (χ0) is 23.5. The first-order chi connectivity index (χ1) is 15.9. The van der Waals surface area contributed by atoms with Crippen molar-refractivity contribution in [3.63, 3.8) is 0 Å². The van der Waals surface area contributed by atoms with Crippen molar-refractivity contribution in [2.24, 2.45) is 0 Å². The van der Waals surface area contributed by atoms with Gasteiger partial charge in [-0.15, -0.1) is 0 Å². The molecule has 0 fully saturated rings. The number of rotatable bonds is 7. The molecule has 2 atom stereocenters. The number of aromatic nitrogens is 2. The Kier molecular flexibility index (Phi) is 6.43. The lowest BCUT2D eigenvalue weighted by molar-refractivity contribution is -0.142. The molecule has 0 spiro atoms. The van der Waals surface area contributed by atoms with Crippen LogP contribution in [0.1, 0.15) is 44.4 Å². The highest BCUT2D eigenvalue weighted by atomic mass is 16.5. The first-order valence-electron chi connectivity index (χ1n) is 10.9. The van der Waals surface area contributed by atoms with Gasteiger partial charge in [-0.05, 0) is 62.9 Å². The lowest BCUT2D eigenvalue weighted by Gasteiger charge is -2.18. The van der Waals surface area contributed by atoms with E-state index in [1.54, 1.807) is 19.1 Å². The van der Waals surface area contributed by atoms with Crippen LogP contribution in [0.4, 0.5) is 5.69 Å². The van der Waals surface area contributed by atoms with Crippen LogP contribution < -0.4 is 10.1 Å². The quantitative estimate of drug-likeness (QED) is 0.408. The molecule has 0 bridgehead atoms. The molecule has 1 aliphatic carbocycles. The maximum absolute atomic E-state index is 11.8. The molecular formula is C25H26N4O4. The second-order valence-corrected chi connectivity index (χ2v) is 8.26. The highest BCUT2D eigenvalue weighted by Gasteiger charge is 2.29. The number of carbonyl (C=O) groups is 1. The minimum absolute atomic E-state index is 0.0274. The van der Waals surface area contributed by atoms with E-state index in [2.05, 4.69) is 26.4 Å². The van der Waals surface area contributed by atoms with Crippen molar-refractivity contribution in [3.05, 3.63) is 58.9 Å². The minimum Gasteiger partial charge on any atom is -0.502 e. The van der Waals surface area contributed by atoms with Gasteiger partial charge in [0.05, 0.1) is 19.8 Å². The largest absolute Gasteiger partial charge is 0.502 e. The zero-order valence-corrected chi connectivity index (χ0v) is 19.1. The molecule has 0 aliphatic heterocycles. The van der Waals surface area contributed by atoms with E-state index in [0.29, 0.717) is 28.7 Å². The van der Waals surface area contributed by atoms with Crippen LogP contribution in [0, 0.1) is 6.57 Å². The average molecular weight is 447 g/mol. The van der Waals surface area contributed by atoms with Gasteiger partial charge in [0, 0.05) is 17.2 Å². The molecule has 1 aromatic heterocycles. The van der Waals surface area contributed by atoms with Crippen molar-refractivity contribution in [2.75, 3.05) is 7.11 Å². The summed E-state index contributed by atoms with van der Waals surface area (Å²) >= 11 is 0. The van der Waals surface area contributed by atoms with Crippen molar-refractivity contribution in [1.82, 2.24) is 15.5 Å². The van der Waals surface area contributed by atoms with Crippen LogP contribution in [-0.4, -0.2) is 35.4 Å². The number of esters is 1. The van der Waals surface area contributed by atoms with Crippen molar-refractivity contribution >= 4 is 11.7 Å². The standard InChI is InChI=1S/C25H26N4O4/c1-14(2)32-22-12-9-16(13-21(22)26-4)24-28-23(29-33-24)19-8-6-7-18-17(19)10-11-20(18)27-15(3)25(30)31-5/h6-9,12-15,20,27H,10-11H2,1-3,5H3/t15-,20+/m1/s1. The van der Waals surface area contributed by atoms with Gasteiger partial charge in [0.25, 0.3) is 5.89 Å². The van der Waals surface area contributed by atoms with Crippen LogP contribution in [0.3, 0.4) is 0 Å². The van der Waals surface area contributed by atoms with E-state index in [1.807, 2.05) is 32.0 Å². The number of nitrogens with zero attached hydrogens (tertiary/aromatic N) is 3. The molecule has 1 heterocycles. The lowest BCUT2D eigenvalue weighted by atomic mass is 10.0. The number of carbonyl (C=O) groups excluding carboxylic acids is 1. The summed E-state index contributed by atoms with van der Waals surface area (Å²) in [7, 11) is 1.39. The number of fused-ring (bicyclic) bond motifs is 1. The summed E-state index contributed by atoms with van der Waals surface area (Å²) in [5, 5.41) is 7.55. The fourth-order valence-corrected chi connectivity index (χ4v) is 4.13. The molecule has 4 rings (SSSR count). The molecule has 3 aromatic rings. The molecule has 170 valence electrons. The SMILES string of the molecule is [C-]#[N+]c1cc(-c2nc(-c3cccc4c3CC[C@@H]4N[C@H](C)C(=O)OC)no2)ccc1OC(C)C. The van der Waals surface area contributed by atoms with Gasteiger partial charge in [0.15, 0.2) is 0 Å². The van der Waals surface area contributed by atoms with Crippen molar-refractivity contribution in [1.29, 1.82) is 0 Å². The summed E-state index contributed by atoms with van der Waals surface area (Å²) in [4.78, 5) is 20.0. The van der Waals surface area contributed by atoms with Crippen LogP contribution in [0.2, 0.25) is 0 Å². The number of nitrogens with one attached hydrogen (secondary N) is 1. The molecule has 0 amide bonds. The lowest BCUT2D eigenvalue weighted by Crippen LogP contribution is -2.36. The Morgan fingerprint density at radius 2 is 2.09 bits per heavy atom. The predicted molar refractivity (Wildman–Crippen MR) is 123 cm³/mol. The molecule has 0 saturated carbocycles. The Morgan fingerprint density at radius 3 is 2.82 bits per heavy atom. The summed E-state index contributed by atoms with van der Waals surface area (Å²) in [6, 6.07) is 10.9. The van der Waals surface area contributed by atoms with Crippen molar-refractivity contribution in [3.8, 4) is 28.6 Å². The Balaban J connectivity index is 1.61. The number of hydrogen-bond acceptors (Lipinski definition) is 7. The third kappa shape index (κ3) is 4.59. The summed E-state index contributed by atoms with van der Waals surface area (Å²) in [5.41, 5.74) is 4.23. The Hall–Kier alpha value is -3.70. The van der Waals surface area contributed by atoms with E-state index < -0.39 is 6.04 Å². The molecule has 0 saturated heterocycles. The van der Waals surface area contributed by atoms with Gasteiger partial charge in [0.2, 0.25) is 11.5 Å². The highest BCUT2D eigenvalue weighted by molar-refractivity contribution is 5.75. The van der Waals surface area contributed by atoms with E-state index in [4.69, 9.17) is 20.6 Å². The number of benzene rings is 2. The van der Waals surface area contributed by atoms with Gasteiger partial charge in [-0.1, -0.05) is 23.4 Å².